The Labute approximate surface area is 169 Å². The molecule has 1 aliphatic rings. The Morgan fingerprint density at radius 2 is 2.22 bits per heavy atom. The standard InChI is InChI=1S/C20H29N3O2S2/c1-5-23-19(25)17-14-7-6-13(4)10-15(14)27-18(17)22-20(23)26-11-16(24)21-9-8-12(2)3/h12-13H,5-11H2,1-4H3,(H,21,24)/t13-/m0/s1. The third kappa shape index (κ3) is 4.57. The highest BCUT2D eigenvalue weighted by Gasteiger charge is 2.24. The van der Waals surface area contributed by atoms with Crippen LogP contribution in [0.25, 0.3) is 10.2 Å². The molecule has 1 amide bonds. The van der Waals surface area contributed by atoms with E-state index in [9.17, 15) is 9.59 Å². The lowest BCUT2D eigenvalue weighted by molar-refractivity contribution is -0.118. The monoisotopic (exact) mass is 407 g/mol. The van der Waals surface area contributed by atoms with Crippen LogP contribution in [0.5, 0.6) is 0 Å². The van der Waals surface area contributed by atoms with E-state index in [-0.39, 0.29) is 17.2 Å². The molecule has 1 atom stereocenters. The summed E-state index contributed by atoms with van der Waals surface area (Å²) in [5.74, 6) is 1.53. The van der Waals surface area contributed by atoms with Gasteiger partial charge in [-0.05, 0) is 50.0 Å². The molecule has 2 aromatic heterocycles. The van der Waals surface area contributed by atoms with Gasteiger partial charge in [0.05, 0.1) is 11.1 Å². The molecule has 1 aliphatic carbocycles. The molecule has 27 heavy (non-hydrogen) atoms. The van der Waals surface area contributed by atoms with Gasteiger partial charge < -0.3 is 5.32 Å². The van der Waals surface area contributed by atoms with Gasteiger partial charge in [0.25, 0.3) is 5.56 Å². The van der Waals surface area contributed by atoms with Gasteiger partial charge in [0, 0.05) is 18.0 Å². The van der Waals surface area contributed by atoms with E-state index in [1.165, 1.54) is 22.2 Å². The summed E-state index contributed by atoms with van der Waals surface area (Å²) in [6.07, 6.45) is 4.13. The maximum Gasteiger partial charge on any atom is 0.263 e. The average molecular weight is 408 g/mol. The van der Waals surface area contributed by atoms with Gasteiger partial charge in [-0.15, -0.1) is 11.3 Å². The fourth-order valence-electron chi connectivity index (χ4n) is 3.48. The maximum atomic E-state index is 13.1. The summed E-state index contributed by atoms with van der Waals surface area (Å²) in [7, 11) is 0. The predicted molar refractivity (Wildman–Crippen MR) is 114 cm³/mol. The number of hydrogen-bond donors (Lipinski definition) is 1. The number of carbonyl (C=O) groups is 1. The van der Waals surface area contributed by atoms with Crippen molar-refractivity contribution >= 4 is 39.2 Å². The van der Waals surface area contributed by atoms with Crippen molar-refractivity contribution in [3.05, 3.63) is 20.8 Å². The Hall–Kier alpha value is -1.34. The van der Waals surface area contributed by atoms with Crippen LogP contribution in [0.2, 0.25) is 0 Å². The molecule has 0 aromatic carbocycles. The molecule has 0 saturated heterocycles. The third-order valence-electron chi connectivity index (χ3n) is 5.07. The van der Waals surface area contributed by atoms with Crippen LogP contribution in [-0.4, -0.2) is 27.8 Å². The van der Waals surface area contributed by atoms with E-state index in [4.69, 9.17) is 4.98 Å². The van der Waals surface area contributed by atoms with Gasteiger partial charge >= 0.3 is 0 Å². The number of fused-ring (bicyclic) bond motifs is 3. The molecule has 2 heterocycles. The van der Waals surface area contributed by atoms with Crippen molar-refractivity contribution in [1.29, 1.82) is 0 Å². The van der Waals surface area contributed by atoms with Gasteiger partial charge in [0.2, 0.25) is 5.91 Å². The van der Waals surface area contributed by atoms with Gasteiger partial charge in [-0.2, -0.15) is 0 Å². The summed E-state index contributed by atoms with van der Waals surface area (Å²) in [5.41, 5.74) is 1.27. The Morgan fingerprint density at radius 3 is 2.93 bits per heavy atom. The first kappa shape index (κ1) is 20.4. The molecule has 0 saturated carbocycles. The first-order chi connectivity index (χ1) is 12.9. The fraction of sp³-hybridized carbons (Fsp3) is 0.650. The van der Waals surface area contributed by atoms with Crippen LogP contribution in [0.3, 0.4) is 0 Å². The number of thiophene rings is 1. The lowest BCUT2D eigenvalue weighted by Crippen LogP contribution is -2.28. The Morgan fingerprint density at radius 1 is 1.44 bits per heavy atom. The molecule has 2 aromatic rings. The molecule has 0 unspecified atom stereocenters. The molecule has 5 nitrogen and oxygen atoms in total. The van der Waals surface area contributed by atoms with Crippen LogP contribution < -0.4 is 10.9 Å². The zero-order valence-corrected chi connectivity index (χ0v) is 18.3. The Balaban J connectivity index is 1.81. The normalized spacial score (nSPS) is 16.7. The van der Waals surface area contributed by atoms with E-state index in [2.05, 4.69) is 26.1 Å². The van der Waals surface area contributed by atoms with E-state index in [1.54, 1.807) is 15.9 Å². The second kappa shape index (κ2) is 8.78. The van der Waals surface area contributed by atoms with Crippen molar-refractivity contribution < 1.29 is 4.79 Å². The van der Waals surface area contributed by atoms with Gasteiger partial charge in [0.1, 0.15) is 4.83 Å². The van der Waals surface area contributed by atoms with Crippen molar-refractivity contribution in [2.75, 3.05) is 12.3 Å². The lowest BCUT2D eigenvalue weighted by atomic mass is 9.89. The van der Waals surface area contributed by atoms with E-state index < -0.39 is 0 Å². The molecule has 0 radical (unpaired) electrons. The highest BCUT2D eigenvalue weighted by molar-refractivity contribution is 7.99. The Kier molecular flexibility index (Phi) is 6.63. The first-order valence-electron chi connectivity index (χ1n) is 9.85. The number of nitrogens with zero attached hydrogens (tertiary/aromatic N) is 2. The van der Waals surface area contributed by atoms with Crippen LogP contribution in [0, 0.1) is 11.8 Å². The number of aryl methyl sites for hydroxylation is 1. The zero-order chi connectivity index (χ0) is 19.6. The molecule has 0 bridgehead atoms. The minimum atomic E-state index is -0.00283. The topological polar surface area (TPSA) is 64.0 Å². The van der Waals surface area contributed by atoms with Crippen molar-refractivity contribution in [2.24, 2.45) is 11.8 Å². The summed E-state index contributed by atoms with van der Waals surface area (Å²) in [5, 5.41) is 4.41. The smallest absolute Gasteiger partial charge is 0.263 e. The van der Waals surface area contributed by atoms with Crippen molar-refractivity contribution in [1.82, 2.24) is 14.9 Å². The van der Waals surface area contributed by atoms with Crippen LogP contribution in [0.4, 0.5) is 0 Å². The minimum absolute atomic E-state index is 0.00283. The van der Waals surface area contributed by atoms with Crippen molar-refractivity contribution in [3.63, 3.8) is 0 Å². The maximum absolute atomic E-state index is 13.1. The zero-order valence-electron chi connectivity index (χ0n) is 16.6. The summed E-state index contributed by atoms with van der Waals surface area (Å²) < 4.78 is 1.72. The SMILES string of the molecule is CCn1c(SCC(=O)NCCC(C)C)nc2sc3c(c2c1=O)CC[C@H](C)C3. The highest BCUT2D eigenvalue weighted by Crippen LogP contribution is 2.36. The number of amides is 1. The van der Waals surface area contributed by atoms with Crippen LogP contribution in [-0.2, 0) is 24.2 Å². The molecule has 0 aliphatic heterocycles. The second-order valence-electron chi connectivity index (χ2n) is 7.80. The first-order valence-corrected chi connectivity index (χ1v) is 11.7. The average Bonchev–Trinajstić information content (AvgIpc) is 2.97. The van der Waals surface area contributed by atoms with Gasteiger partial charge in [-0.25, -0.2) is 4.98 Å². The second-order valence-corrected chi connectivity index (χ2v) is 9.82. The molecular weight excluding hydrogens is 378 g/mol. The van der Waals surface area contributed by atoms with Gasteiger partial charge in [0.15, 0.2) is 5.16 Å². The number of aromatic nitrogens is 2. The van der Waals surface area contributed by atoms with Crippen LogP contribution in [0.1, 0.15) is 51.0 Å². The molecule has 3 rings (SSSR count). The number of rotatable bonds is 7. The number of hydrogen-bond acceptors (Lipinski definition) is 5. The largest absolute Gasteiger partial charge is 0.355 e. The molecule has 0 fully saturated rings. The predicted octanol–water partition coefficient (Wildman–Crippen LogP) is 3.86. The molecule has 148 valence electrons. The third-order valence-corrected chi connectivity index (χ3v) is 7.20. The van der Waals surface area contributed by atoms with Crippen LogP contribution in [0.15, 0.2) is 9.95 Å². The van der Waals surface area contributed by atoms with Gasteiger partial charge in [-0.1, -0.05) is 32.5 Å². The lowest BCUT2D eigenvalue weighted by Gasteiger charge is -2.17. The molecule has 0 spiro atoms. The summed E-state index contributed by atoms with van der Waals surface area (Å²) in [6, 6.07) is 0. The van der Waals surface area contributed by atoms with Crippen molar-refractivity contribution in [2.45, 2.75) is 65.1 Å². The highest BCUT2D eigenvalue weighted by atomic mass is 32.2. The minimum Gasteiger partial charge on any atom is -0.355 e. The van der Waals surface area contributed by atoms with Crippen LogP contribution >= 0.6 is 23.1 Å². The van der Waals surface area contributed by atoms with E-state index in [0.29, 0.717) is 30.1 Å². The number of nitrogens with one attached hydrogen (secondary N) is 1. The Bertz CT molecular complexity index is 885. The summed E-state index contributed by atoms with van der Waals surface area (Å²) in [4.78, 5) is 32.1. The van der Waals surface area contributed by atoms with E-state index >= 15 is 0 Å². The van der Waals surface area contributed by atoms with E-state index in [1.807, 2.05) is 6.92 Å². The summed E-state index contributed by atoms with van der Waals surface area (Å²) in [6.45, 7) is 9.77. The number of carbonyl (C=O) groups excluding carboxylic acids is 1. The quantitative estimate of drug-likeness (QED) is 0.559. The molecular formula is C20H29N3O2S2. The molecule has 1 N–H and O–H groups in total. The van der Waals surface area contributed by atoms with E-state index in [0.717, 1.165) is 35.9 Å². The summed E-state index contributed by atoms with van der Waals surface area (Å²) >= 11 is 3.02. The van der Waals surface area contributed by atoms with Crippen molar-refractivity contribution in [3.8, 4) is 0 Å². The fourth-order valence-corrected chi connectivity index (χ4v) is 5.79. The number of thioether (sulfide) groups is 1. The molecule has 7 heteroatoms. The van der Waals surface area contributed by atoms with Gasteiger partial charge in [-0.3, -0.25) is 14.2 Å².